The van der Waals surface area contributed by atoms with Gasteiger partial charge < -0.3 is 9.84 Å². The van der Waals surface area contributed by atoms with Crippen LogP contribution in [-0.2, 0) is 4.79 Å². The van der Waals surface area contributed by atoms with E-state index in [1.807, 2.05) is 24.3 Å². The van der Waals surface area contributed by atoms with E-state index >= 15 is 0 Å². The summed E-state index contributed by atoms with van der Waals surface area (Å²) in [5.74, 6) is -0.0637. The standard InChI is InChI=1S/C11H11NO3S/c1-15-8-4-2-3-7(5-8)10-12-6-9(16-10)11(13)14/h2-5,9H,6H2,1H3,(H,13,14). The number of benzene rings is 1. The van der Waals surface area contributed by atoms with Crippen molar-refractivity contribution in [2.75, 3.05) is 13.7 Å². The van der Waals surface area contributed by atoms with E-state index in [2.05, 4.69) is 4.99 Å². The zero-order valence-corrected chi connectivity index (χ0v) is 9.53. The number of methoxy groups -OCH3 is 1. The van der Waals surface area contributed by atoms with E-state index in [4.69, 9.17) is 9.84 Å². The Kier molecular flexibility index (Phi) is 3.14. The molecule has 0 aliphatic carbocycles. The first-order valence-corrected chi connectivity index (χ1v) is 5.67. The van der Waals surface area contributed by atoms with E-state index in [0.29, 0.717) is 6.54 Å². The average molecular weight is 237 g/mol. The maximum absolute atomic E-state index is 10.8. The fourth-order valence-electron chi connectivity index (χ4n) is 1.42. The summed E-state index contributed by atoms with van der Waals surface area (Å²) in [5, 5.41) is 9.17. The Labute approximate surface area is 97.3 Å². The summed E-state index contributed by atoms with van der Waals surface area (Å²) >= 11 is 1.29. The van der Waals surface area contributed by atoms with E-state index in [0.717, 1.165) is 16.4 Å². The Morgan fingerprint density at radius 3 is 3.06 bits per heavy atom. The lowest BCUT2D eigenvalue weighted by molar-refractivity contribution is -0.136. The number of ether oxygens (including phenoxy) is 1. The number of carboxylic acids is 1. The molecule has 0 bridgehead atoms. The minimum absolute atomic E-state index is 0.340. The minimum atomic E-state index is -0.813. The Morgan fingerprint density at radius 2 is 2.44 bits per heavy atom. The Balaban J connectivity index is 2.17. The van der Waals surface area contributed by atoms with Crippen LogP contribution in [0.15, 0.2) is 29.3 Å². The molecule has 0 saturated carbocycles. The van der Waals surface area contributed by atoms with Gasteiger partial charge in [-0.25, -0.2) is 0 Å². The summed E-state index contributed by atoms with van der Waals surface area (Å²) in [5.41, 5.74) is 0.910. The molecule has 0 amide bonds. The SMILES string of the molecule is COc1cccc(C2=NCC(C(=O)O)S2)c1. The molecule has 0 radical (unpaired) electrons. The van der Waals surface area contributed by atoms with Crippen molar-refractivity contribution in [2.24, 2.45) is 4.99 Å². The Bertz CT molecular complexity index is 445. The number of thioether (sulfide) groups is 1. The zero-order valence-electron chi connectivity index (χ0n) is 8.71. The lowest BCUT2D eigenvalue weighted by Gasteiger charge is -2.04. The molecule has 0 fully saturated rings. The van der Waals surface area contributed by atoms with E-state index in [1.54, 1.807) is 7.11 Å². The second-order valence-corrected chi connectivity index (χ2v) is 4.51. The van der Waals surface area contributed by atoms with Crippen molar-refractivity contribution < 1.29 is 14.6 Å². The minimum Gasteiger partial charge on any atom is -0.497 e. The molecule has 2 rings (SSSR count). The summed E-state index contributed by atoms with van der Waals surface area (Å²) < 4.78 is 5.11. The number of aliphatic carboxylic acids is 1. The number of rotatable bonds is 3. The highest BCUT2D eigenvalue weighted by molar-refractivity contribution is 8.15. The van der Waals surface area contributed by atoms with Gasteiger partial charge in [0.1, 0.15) is 11.0 Å². The number of hydrogen-bond donors (Lipinski definition) is 1. The van der Waals surface area contributed by atoms with Crippen LogP contribution >= 0.6 is 11.8 Å². The molecule has 1 aromatic rings. The van der Waals surface area contributed by atoms with E-state index in [9.17, 15) is 4.79 Å². The summed E-state index contributed by atoms with van der Waals surface area (Å²) in [6.07, 6.45) is 0. The summed E-state index contributed by atoms with van der Waals surface area (Å²) in [4.78, 5) is 15.0. The van der Waals surface area contributed by atoms with Crippen LogP contribution in [0.4, 0.5) is 0 Å². The van der Waals surface area contributed by atoms with Gasteiger partial charge in [-0.05, 0) is 12.1 Å². The molecule has 84 valence electrons. The van der Waals surface area contributed by atoms with Crippen LogP contribution in [0.3, 0.4) is 0 Å². The molecule has 1 aliphatic rings. The lowest BCUT2D eigenvalue weighted by atomic mass is 10.2. The van der Waals surface area contributed by atoms with E-state index < -0.39 is 11.2 Å². The van der Waals surface area contributed by atoms with Crippen LogP contribution < -0.4 is 4.74 Å². The molecule has 0 spiro atoms. The van der Waals surface area contributed by atoms with Crippen LogP contribution in [0.25, 0.3) is 0 Å². The van der Waals surface area contributed by atoms with Gasteiger partial charge in [0.2, 0.25) is 0 Å². The van der Waals surface area contributed by atoms with Crippen molar-refractivity contribution in [3.05, 3.63) is 29.8 Å². The maximum atomic E-state index is 10.8. The molecule has 4 nitrogen and oxygen atoms in total. The Morgan fingerprint density at radius 1 is 1.62 bits per heavy atom. The molecular formula is C11H11NO3S. The zero-order chi connectivity index (χ0) is 11.5. The van der Waals surface area contributed by atoms with E-state index in [1.165, 1.54) is 11.8 Å². The summed E-state index contributed by atoms with van der Waals surface area (Å²) in [6, 6.07) is 7.47. The maximum Gasteiger partial charge on any atom is 0.318 e. The second kappa shape index (κ2) is 4.57. The fourth-order valence-corrected chi connectivity index (χ4v) is 2.35. The van der Waals surface area contributed by atoms with Gasteiger partial charge in [-0.15, -0.1) is 0 Å². The van der Waals surface area contributed by atoms with Gasteiger partial charge in [-0.1, -0.05) is 23.9 Å². The first kappa shape index (κ1) is 11.0. The van der Waals surface area contributed by atoms with Crippen LogP contribution in [-0.4, -0.2) is 35.0 Å². The van der Waals surface area contributed by atoms with Crippen LogP contribution in [0.1, 0.15) is 5.56 Å². The molecule has 1 N–H and O–H groups in total. The van der Waals surface area contributed by atoms with E-state index in [-0.39, 0.29) is 0 Å². The predicted molar refractivity (Wildman–Crippen MR) is 63.4 cm³/mol. The van der Waals surface area contributed by atoms with Crippen LogP contribution in [0.2, 0.25) is 0 Å². The van der Waals surface area contributed by atoms with Gasteiger partial charge in [-0.3, -0.25) is 9.79 Å². The van der Waals surface area contributed by atoms with Crippen molar-refractivity contribution in [2.45, 2.75) is 5.25 Å². The molecule has 0 aromatic heterocycles. The second-order valence-electron chi connectivity index (χ2n) is 3.32. The fraction of sp³-hybridized carbons (Fsp3) is 0.273. The van der Waals surface area contributed by atoms with Gasteiger partial charge in [0.25, 0.3) is 0 Å². The third kappa shape index (κ3) is 2.19. The average Bonchev–Trinajstić information content (AvgIpc) is 2.78. The van der Waals surface area contributed by atoms with Crippen molar-refractivity contribution in [1.82, 2.24) is 0 Å². The smallest absolute Gasteiger partial charge is 0.318 e. The molecule has 1 atom stereocenters. The number of nitrogens with zero attached hydrogens (tertiary/aromatic N) is 1. The highest BCUT2D eigenvalue weighted by atomic mass is 32.2. The third-order valence-corrected chi connectivity index (χ3v) is 3.47. The van der Waals surface area contributed by atoms with Crippen molar-refractivity contribution in [3.63, 3.8) is 0 Å². The van der Waals surface area contributed by atoms with Gasteiger partial charge >= 0.3 is 5.97 Å². The highest BCUT2D eigenvalue weighted by Gasteiger charge is 2.26. The van der Waals surface area contributed by atoms with Crippen molar-refractivity contribution >= 4 is 22.8 Å². The van der Waals surface area contributed by atoms with Crippen LogP contribution in [0.5, 0.6) is 5.75 Å². The molecule has 0 saturated heterocycles. The lowest BCUT2D eigenvalue weighted by Crippen LogP contribution is -2.16. The van der Waals surface area contributed by atoms with Crippen molar-refractivity contribution in [3.8, 4) is 5.75 Å². The first-order valence-electron chi connectivity index (χ1n) is 4.79. The molecule has 1 unspecified atom stereocenters. The number of hydrogen-bond acceptors (Lipinski definition) is 4. The summed E-state index contributed by atoms with van der Waals surface area (Å²) in [7, 11) is 1.60. The number of carbonyl (C=O) groups is 1. The van der Waals surface area contributed by atoms with Gasteiger partial charge in [0.15, 0.2) is 0 Å². The molecule has 1 aliphatic heterocycles. The summed E-state index contributed by atoms with van der Waals surface area (Å²) in [6.45, 7) is 0.340. The molecule has 1 heterocycles. The Hall–Kier alpha value is -1.49. The monoisotopic (exact) mass is 237 g/mol. The quantitative estimate of drug-likeness (QED) is 0.868. The van der Waals surface area contributed by atoms with Gasteiger partial charge in [0.05, 0.1) is 18.7 Å². The molecule has 1 aromatic carbocycles. The largest absolute Gasteiger partial charge is 0.497 e. The van der Waals surface area contributed by atoms with Gasteiger partial charge in [0, 0.05) is 5.56 Å². The van der Waals surface area contributed by atoms with Gasteiger partial charge in [-0.2, -0.15) is 0 Å². The third-order valence-electron chi connectivity index (χ3n) is 2.25. The van der Waals surface area contributed by atoms with Crippen LogP contribution in [0, 0.1) is 0 Å². The highest BCUT2D eigenvalue weighted by Crippen LogP contribution is 2.27. The topological polar surface area (TPSA) is 58.9 Å². The first-order chi connectivity index (χ1) is 7.70. The number of carboxylic acid groups (broad SMARTS) is 1. The normalized spacial score (nSPS) is 19.3. The van der Waals surface area contributed by atoms with Crippen molar-refractivity contribution in [1.29, 1.82) is 0 Å². The molecule has 16 heavy (non-hydrogen) atoms. The predicted octanol–water partition coefficient (Wildman–Crippen LogP) is 1.64. The number of aliphatic imine (C=N–C) groups is 1. The molecule has 5 heteroatoms. The molecular weight excluding hydrogens is 226 g/mol.